The van der Waals surface area contributed by atoms with Gasteiger partial charge >= 0.3 is 5.97 Å². The van der Waals surface area contributed by atoms with Crippen molar-refractivity contribution in [2.45, 2.75) is 18.3 Å². The minimum Gasteiger partial charge on any atom is -0.481 e. The van der Waals surface area contributed by atoms with E-state index in [1.807, 2.05) is 54.6 Å². The van der Waals surface area contributed by atoms with Crippen molar-refractivity contribution in [3.63, 3.8) is 0 Å². The highest BCUT2D eigenvalue weighted by atomic mass is 16.4. The minimum atomic E-state index is -0.945. The van der Waals surface area contributed by atoms with Gasteiger partial charge in [0.15, 0.2) is 0 Å². The fourth-order valence-corrected chi connectivity index (χ4v) is 3.91. The number of hydrogen-bond acceptors (Lipinski definition) is 3. The molecule has 0 bridgehead atoms. The summed E-state index contributed by atoms with van der Waals surface area (Å²) in [6.45, 7) is 0.793. The van der Waals surface area contributed by atoms with Crippen LogP contribution < -0.4 is 0 Å². The monoisotopic (exact) mass is 375 g/mol. The van der Waals surface area contributed by atoms with Crippen LogP contribution in [0, 0.1) is 0 Å². The van der Waals surface area contributed by atoms with Crippen LogP contribution in [-0.4, -0.2) is 44.8 Å². The van der Waals surface area contributed by atoms with Gasteiger partial charge in [-0.2, -0.15) is 5.10 Å². The average molecular weight is 375 g/mol. The van der Waals surface area contributed by atoms with Crippen molar-refractivity contribution in [2.24, 2.45) is 0 Å². The van der Waals surface area contributed by atoms with E-state index in [-0.39, 0.29) is 5.91 Å². The van der Waals surface area contributed by atoms with Crippen LogP contribution in [0.1, 0.15) is 28.8 Å². The first-order valence-corrected chi connectivity index (χ1v) is 9.29. The number of benzene rings is 2. The molecule has 4 rings (SSSR count). The molecular weight excluding hydrogens is 354 g/mol. The van der Waals surface area contributed by atoms with Crippen molar-refractivity contribution in [1.82, 2.24) is 14.7 Å². The van der Waals surface area contributed by atoms with E-state index >= 15 is 0 Å². The van der Waals surface area contributed by atoms with E-state index in [9.17, 15) is 14.7 Å². The number of piperidine rings is 1. The zero-order valence-corrected chi connectivity index (χ0v) is 15.4. The molecule has 1 fully saturated rings. The molecule has 0 spiro atoms. The minimum absolute atomic E-state index is 0.0989. The van der Waals surface area contributed by atoms with Gasteiger partial charge in [-0.15, -0.1) is 0 Å². The zero-order chi connectivity index (χ0) is 19.6. The number of carboxylic acid groups (broad SMARTS) is 1. The van der Waals surface area contributed by atoms with Crippen LogP contribution in [0.15, 0.2) is 73.1 Å². The molecule has 1 aliphatic rings. The third-order valence-corrected chi connectivity index (χ3v) is 5.53. The topological polar surface area (TPSA) is 75.4 Å². The Morgan fingerprint density at radius 2 is 1.61 bits per heavy atom. The third-order valence-electron chi connectivity index (χ3n) is 5.53. The quantitative estimate of drug-likeness (QED) is 0.760. The highest BCUT2D eigenvalue weighted by Gasteiger charge is 2.44. The Labute approximate surface area is 163 Å². The molecule has 0 radical (unpaired) electrons. The molecule has 1 amide bonds. The Morgan fingerprint density at radius 1 is 0.929 bits per heavy atom. The van der Waals surface area contributed by atoms with Crippen LogP contribution in [0.5, 0.6) is 0 Å². The van der Waals surface area contributed by atoms with E-state index in [0.29, 0.717) is 31.5 Å². The highest BCUT2D eigenvalue weighted by Crippen LogP contribution is 2.36. The Morgan fingerprint density at radius 3 is 2.25 bits per heavy atom. The predicted molar refractivity (Wildman–Crippen MR) is 104 cm³/mol. The Hall–Kier alpha value is -3.41. The molecule has 142 valence electrons. The number of amides is 1. The van der Waals surface area contributed by atoms with Gasteiger partial charge in [-0.3, -0.25) is 9.59 Å². The number of aliphatic carboxylic acids is 1. The summed E-state index contributed by atoms with van der Waals surface area (Å²) in [5.41, 5.74) is 1.13. The molecule has 3 aromatic rings. The number of aromatic nitrogens is 2. The molecule has 0 unspecified atom stereocenters. The van der Waals surface area contributed by atoms with Crippen LogP contribution in [-0.2, 0) is 10.2 Å². The van der Waals surface area contributed by atoms with Gasteiger partial charge in [0.25, 0.3) is 5.91 Å². The second-order valence-electron chi connectivity index (χ2n) is 7.01. The summed E-state index contributed by atoms with van der Waals surface area (Å²) in [6, 6.07) is 18.5. The number of nitrogens with zero attached hydrogens (tertiary/aromatic N) is 3. The van der Waals surface area contributed by atoms with Crippen LogP contribution in [0.4, 0.5) is 0 Å². The lowest BCUT2D eigenvalue weighted by Crippen LogP contribution is -2.49. The van der Waals surface area contributed by atoms with E-state index in [2.05, 4.69) is 5.10 Å². The Balaban J connectivity index is 1.58. The van der Waals surface area contributed by atoms with Gasteiger partial charge in [-0.25, -0.2) is 4.68 Å². The van der Waals surface area contributed by atoms with Gasteiger partial charge in [0, 0.05) is 25.5 Å². The van der Waals surface area contributed by atoms with E-state index in [1.165, 1.54) is 0 Å². The number of carboxylic acids is 1. The second kappa shape index (κ2) is 7.31. The second-order valence-corrected chi connectivity index (χ2v) is 7.01. The van der Waals surface area contributed by atoms with Crippen molar-refractivity contribution >= 4 is 11.9 Å². The average Bonchev–Trinajstić information content (AvgIpc) is 3.28. The van der Waals surface area contributed by atoms with E-state index in [0.717, 1.165) is 11.3 Å². The van der Waals surface area contributed by atoms with Crippen molar-refractivity contribution in [3.05, 3.63) is 84.2 Å². The maximum atomic E-state index is 13.2. The molecule has 0 atom stereocenters. The summed E-state index contributed by atoms with van der Waals surface area (Å²) in [7, 11) is 0. The molecule has 0 aliphatic carbocycles. The van der Waals surface area contributed by atoms with Crippen LogP contribution >= 0.6 is 0 Å². The van der Waals surface area contributed by atoms with Crippen molar-refractivity contribution < 1.29 is 14.7 Å². The molecule has 1 aromatic heterocycles. The molecule has 1 N–H and O–H groups in total. The number of carbonyl (C=O) groups is 2. The van der Waals surface area contributed by atoms with Crippen molar-refractivity contribution in [1.29, 1.82) is 0 Å². The number of rotatable bonds is 4. The zero-order valence-electron chi connectivity index (χ0n) is 15.4. The third kappa shape index (κ3) is 3.07. The predicted octanol–water partition coefficient (Wildman–Crippen LogP) is 3.13. The van der Waals surface area contributed by atoms with E-state index in [4.69, 9.17) is 0 Å². The SMILES string of the molecule is O=C(c1ccccc1-n1cccn1)N1CCC(C(=O)O)(c2ccccc2)CC1. The molecular formula is C22H21N3O3. The van der Waals surface area contributed by atoms with Gasteiger partial charge in [-0.05, 0) is 36.6 Å². The van der Waals surface area contributed by atoms with Crippen molar-refractivity contribution in [2.75, 3.05) is 13.1 Å². The molecule has 2 heterocycles. The summed E-state index contributed by atoms with van der Waals surface area (Å²) in [4.78, 5) is 27.0. The lowest BCUT2D eigenvalue weighted by molar-refractivity contribution is -0.145. The first-order chi connectivity index (χ1) is 13.6. The molecule has 1 aliphatic heterocycles. The standard InChI is InChI=1S/C22H21N3O3/c26-20(18-9-4-5-10-19(18)25-14-6-13-23-25)24-15-11-22(12-16-24,21(27)28)17-7-2-1-3-8-17/h1-10,13-14H,11-12,15-16H2,(H,27,28). The lowest BCUT2D eigenvalue weighted by atomic mass is 9.72. The Bertz CT molecular complexity index is 975. The largest absolute Gasteiger partial charge is 0.481 e. The Kier molecular flexibility index (Phi) is 4.69. The molecule has 0 saturated carbocycles. The van der Waals surface area contributed by atoms with Gasteiger partial charge in [0.05, 0.1) is 16.7 Å². The van der Waals surface area contributed by atoms with Gasteiger partial charge in [-0.1, -0.05) is 42.5 Å². The highest BCUT2D eigenvalue weighted by molar-refractivity contribution is 5.98. The molecule has 6 nitrogen and oxygen atoms in total. The normalized spacial score (nSPS) is 15.9. The summed E-state index contributed by atoms with van der Waals surface area (Å²) >= 11 is 0. The van der Waals surface area contributed by atoms with E-state index < -0.39 is 11.4 Å². The van der Waals surface area contributed by atoms with Crippen LogP contribution in [0.2, 0.25) is 0 Å². The van der Waals surface area contributed by atoms with Gasteiger partial charge in [0.2, 0.25) is 0 Å². The molecule has 1 saturated heterocycles. The number of hydrogen-bond donors (Lipinski definition) is 1. The number of carbonyl (C=O) groups excluding carboxylic acids is 1. The van der Waals surface area contributed by atoms with Crippen molar-refractivity contribution in [3.8, 4) is 5.69 Å². The summed E-state index contributed by atoms with van der Waals surface area (Å²) in [5, 5.41) is 14.2. The maximum Gasteiger partial charge on any atom is 0.314 e. The summed E-state index contributed by atoms with van der Waals surface area (Å²) < 4.78 is 1.67. The smallest absolute Gasteiger partial charge is 0.314 e. The molecule has 2 aromatic carbocycles. The first-order valence-electron chi connectivity index (χ1n) is 9.29. The van der Waals surface area contributed by atoms with Crippen LogP contribution in [0.3, 0.4) is 0 Å². The fraction of sp³-hybridized carbons (Fsp3) is 0.227. The molecule has 6 heteroatoms. The van der Waals surface area contributed by atoms with Gasteiger partial charge in [0.1, 0.15) is 0 Å². The fourth-order valence-electron chi connectivity index (χ4n) is 3.91. The van der Waals surface area contributed by atoms with E-state index in [1.54, 1.807) is 28.0 Å². The van der Waals surface area contributed by atoms with Gasteiger partial charge < -0.3 is 10.0 Å². The number of likely N-dealkylation sites (tertiary alicyclic amines) is 1. The lowest BCUT2D eigenvalue weighted by Gasteiger charge is -2.39. The van der Waals surface area contributed by atoms with Crippen LogP contribution in [0.25, 0.3) is 5.69 Å². The maximum absolute atomic E-state index is 13.2. The molecule has 28 heavy (non-hydrogen) atoms. The first kappa shape index (κ1) is 18.0. The number of para-hydroxylation sites is 1. The summed E-state index contributed by atoms with van der Waals surface area (Å²) in [5.74, 6) is -0.930. The summed E-state index contributed by atoms with van der Waals surface area (Å²) in [6.07, 6.45) is 4.25.